The van der Waals surface area contributed by atoms with Gasteiger partial charge in [0.2, 0.25) is 0 Å². The van der Waals surface area contributed by atoms with Gasteiger partial charge in [-0.2, -0.15) is 0 Å². The Morgan fingerprint density at radius 2 is 1.74 bits per heavy atom. The largest absolute Gasteiger partial charge is 0.304 e. The number of hydrogen-bond acceptors (Lipinski definition) is 5. The first-order chi connectivity index (χ1) is 16.9. The zero-order chi connectivity index (χ0) is 27.2. The number of aldehydes is 1. The monoisotopic (exact) mass is 502 g/mol. The van der Waals surface area contributed by atoms with Crippen LogP contribution >= 0.6 is 11.6 Å². The number of carbonyl (C=O) groups is 1. The fourth-order valence-corrected chi connectivity index (χ4v) is 3.08. The molecule has 0 N–H and O–H groups in total. The third-order valence-corrected chi connectivity index (χ3v) is 4.81. The molecule has 1 saturated heterocycles. The van der Waals surface area contributed by atoms with Crippen LogP contribution in [0.4, 0.5) is 0 Å². The summed E-state index contributed by atoms with van der Waals surface area (Å²) in [5, 5.41) is 1.08. The molecule has 194 valence electrons. The Labute approximate surface area is 217 Å². The van der Waals surface area contributed by atoms with E-state index < -0.39 is 0 Å². The summed E-state index contributed by atoms with van der Waals surface area (Å²) in [5.74, 6) is 3.32. The van der Waals surface area contributed by atoms with E-state index in [1.807, 2.05) is 59.8 Å². The third-order valence-electron chi connectivity index (χ3n) is 4.69. The molecule has 0 aliphatic carbocycles. The van der Waals surface area contributed by atoms with Crippen molar-refractivity contribution in [3.63, 3.8) is 0 Å². The molecule has 0 radical (unpaired) electrons. The standard InChI is InChI=1S/C22H28N4O.C2H3ClO.2C2H6/c1-6-9-10-12-18(4)26-21(17-25-15-13-24(5)14-16-25)23-20(11-7-2)19(8-3)22(26)27;3-1-2-4;2*1-2/h2,6,8-12H,1,13-17H2,3-5H3;2H,1H2;2*1-2H3/b10-9-,18-12+,19-8+,20-11+;;;. The number of likely N-dealkylation sites (N-methyl/N-ethyl adjacent to an activating group) is 1. The topological polar surface area (TPSA) is 58.4 Å². The third kappa shape index (κ3) is 12.5. The average molecular weight is 503 g/mol. The van der Waals surface area contributed by atoms with E-state index in [1.165, 1.54) is 0 Å². The summed E-state index contributed by atoms with van der Waals surface area (Å²) in [4.78, 5) is 31.6. The molecule has 0 aromatic carbocycles. The number of halogens is 1. The van der Waals surface area contributed by atoms with Crippen LogP contribution in [0.5, 0.6) is 0 Å². The number of nitrogens with zero attached hydrogens (tertiary/aromatic N) is 4. The van der Waals surface area contributed by atoms with Gasteiger partial charge in [0.05, 0.1) is 23.0 Å². The van der Waals surface area contributed by atoms with Crippen LogP contribution in [0.2, 0.25) is 0 Å². The molecule has 2 rings (SSSR count). The highest BCUT2D eigenvalue weighted by Gasteiger charge is 2.18. The minimum atomic E-state index is -0.0983. The van der Waals surface area contributed by atoms with Crippen molar-refractivity contribution in [2.24, 2.45) is 0 Å². The number of rotatable bonds is 6. The lowest BCUT2D eigenvalue weighted by atomic mass is 10.2. The Kier molecular flexibility index (Phi) is 21.4. The molecule has 7 heteroatoms. The number of hydrogen-bond donors (Lipinski definition) is 0. The zero-order valence-corrected chi connectivity index (χ0v) is 23.3. The van der Waals surface area contributed by atoms with Crippen molar-refractivity contribution >= 4 is 35.7 Å². The van der Waals surface area contributed by atoms with Crippen molar-refractivity contribution in [1.29, 1.82) is 0 Å². The van der Waals surface area contributed by atoms with Crippen molar-refractivity contribution < 1.29 is 4.79 Å². The molecule has 0 bridgehead atoms. The minimum absolute atomic E-state index is 0.0983. The number of terminal acetylenes is 1. The first-order valence-electron chi connectivity index (χ1n) is 12.0. The Morgan fingerprint density at radius 3 is 2.20 bits per heavy atom. The molecule has 1 aliphatic heterocycles. The molecular weight excluding hydrogens is 460 g/mol. The van der Waals surface area contributed by atoms with E-state index in [1.54, 1.807) is 22.8 Å². The van der Waals surface area contributed by atoms with Crippen molar-refractivity contribution in [2.75, 3.05) is 39.1 Å². The summed E-state index contributed by atoms with van der Waals surface area (Å²) in [6, 6.07) is 0. The molecule has 0 amide bonds. The van der Waals surface area contributed by atoms with Gasteiger partial charge in [-0.05, 0) is 27.0 Å². The Bertz CT molecular complexity index is 1020. The summed E-state index contributed by atoms with van der Waals surface area (Å²) in [6.07, 6.45) is 16.7. The molecule has 0 atom stereocenters. The summed E-state index contributed by atoms with van der Waals surface area (Å²) in [5.41, 5.74) is 0.712. The molecule has 35 heavy (non-hydrogen) atoms. The molecule has 2 heterocycles. The van der Waals surface area contributed by atoms with Gasteiger partial charge in [-0.15, -0.1) is 18.0 Å². The van der Waals surface area contributed by atoms with E-state index in [-0.39, 0.29) is 11.4 Å². The second-order valence-corrected chi connectivity index (χ2v) is 7.20. The van der Waals surface area contributed by atoms with E-state index in [0.29, 0.717) is 29.2 Å². The minimum Gasteiger partial charge on any atom is -0.304 e. The lowest BCUT2D eigenvalue weighted by molar-refractivity contribution is -0.105. The Morgan fingerprint density at radius 1 is 1.17 bits per heavy atom. The van der Waals surface area contributed by atoms with E-state index in [9.17, 15) is 4.79 Å². The highest BCUT2D eigenvalue weighted by atomic mass is 35.5. The van der Waals surface area contributed by atoms with Gasteiger partial charge in [0.1, 0.15) is 12.1 Å². The molecule has 1 aliphatic rings. The number of piperazine rings is 1. The molecule has 0 unspecified atom stereocenters. The fourth-order valence-electron chi connectivity index (χ4n) is 3.08. The second kappa shape index (κ2) is 21.8. The van der Waals surface area contributed by atoms with Crippen LogP contribution in [0.1, 0.15) is 47.4 Å². The van der Waals surface area contributed by atoms with Gasteiger partial charge < -0.3 is 9.69 Å². The van der Waals surface area contributed by atoms with Crippen molar-refractivity contribution in [3.8, 4) is 12.3 Å². The number of allylic oxidation sites excluding steroid dienone is 5. The predicted octanol–water partition coefficient (Wildman–Crippen LogP) is 3.28. The summed E-state index contributed by atoms with van der Waals surface area (Å²) in [6.45, 7) is 19.9. The van der Waals surface area contributed by atoms with Crippen LogP contribution in [-0.4, -0.2) is 64.7 Å². The van der Waals surface area contributed by atoms with Crippen LogP contribution in [0.3, 0.4) is 0 Å². The van der Waals surface area contributed by atoms with E-state index in [0.717, 1.165) is 31.9 Å². The van der Waals surface area contributed by atoms with E-state index in [2.05, 4.69) is 29.3 Å². The Balaban J connectivity index is 0. The molecule has 1 fully saturated rings. The maximum atomic E-state index is 13.2. The van der Waals surface area contributed by atoms with Gasteiger partial charge in [-0.25, -0.2) is 4.98 Å². The lowest BCUT2D eigenvalue weighted by Crippen LogP contribution is -2.50. The highest BCUT2D eigenvalue weighted by molar-refractivity contribution is 6.24. The number of alkyl halides is 1. The van der Waals surface area contributed by atoms with E-state index in [4.69, 9.17) is 27.8 Å². The maximum absolute atomic E-state index is 13.2. The number of carbonyl (C=O) groups excluding carboxylic acids is 1. The predicted molar refractivity (Wildman–Crippen MR) is 153 cm³/mol. The number of aromatic nitrogens is 2. The molecule has 6 nitrogen and oxygen atoms in total. The summed E-state index contributed by atoms with van der Waals surface area (Å²) in [7, 11) is 2.12. The van der Waals surface area contributed by atoms with Crippen LogP contribution in [0, 0.1) is 12.3 Å². The van der Waals surface area contributed by atoms with Gasteiger partial charge in [0.15, 0.2) is 0 Å². The van der Waals surface area contributed by atoms with Gasteiger partial charge in [0.25, 0.3) is 5.56 Å². The molecule has 0 saturated carbocycles. The van der Waals surface area contributed by atoms with Crippen LogP contribution in [0.15, 0.2) is 35.7 Å². The van der Waals surface area contributed by atoms with Gasteiger partial charge in [0, 0.05) is 38.0 Å². The molecule has 0 spiro atoms. The second-order valence-electron chi connectivity index (χ2n) is 6.90. The molecule has 1 aromatic heterocycles. The smallest absolute Gasteiger partial charge is 0.265 e. The fraction of sp³-hybridized carbons (Fsp3) is 0.464. The zero-order valence-electron chi connectivity index (χ0n) is 22.6. The van der Waals surface area contributed by atoms with Crippen molar-refractivity contribution in [3.05, 3.63) is 57.6 Å². The van der Waals surface area contributed by atoms with Gasteiger partial charge in [-0.1, -0.05) is 64.5 Å². The van der Waals surface area contributed by atoms with E-state index >= 15 is 0 Å². The lowest BCUT2D eigenvalue weighted by Gasteiger charge is -2.32. The van der Waals surface area contributed by atoms with Gasteiger partial charge >= 0.3 is 0 Å². The SMILES string of the molecule is C#C/C=c1/nc(CN2CCN(C)CC2)n(/C(C)=C/C=C\C=C)c(=O)/c1=C/C.CC.CC.O=CCCl. The average Bonchev–Trinajstić information content (AvgIpc) is 2.88. The molecular formula is C28H43ClN4O2. The normalized spacial score (nSPS) is 15.1. The first kappa shape index (κ1) is 34.4. The highest BCUT2D eigenvalue weighted by Crippen LogP contribution is 2.08. The van der Waals surface area contributed by atoms with Crippen LogP contribution < -0.4 is 16.1 Å². The summed E-state index contributed by atoms with van der Waals surface area (Å²) >= 11 is 4.82. The summed E-state index contributed by atoms with van der Waals surface area (Å²) < 4.78 is 1.69. The van der Waals surface area contributed by atoms with Crippen molar-refractivity contribution in [1.82, 2.24) is 19.4 Å². The quantitative estimate of drug-likeness (QED) is 0.258. The first-order valence-corrected chi connectivity index (χ1v) is 12.6. The van der Waals surface area contributed by atoms with Crippen molar-refractivity contribution in [2.45, 2.75) is 48.1 Å². The maximum Gasteiger partial charge on any atom is 0.265 e. The molecule has 1 aromatic rings. The van der Waals surface area contributed by atoms with Gasteiger partial charge in [-0.3, -0.25) is 14.3 Å². The van der Waals surface area contributed by atoms with Crippen LogP contribution in [0.25, 0.3) is 17.8 Å². The van der Waals surface area contributed by atoms with Crippen LogP contribution in [-0.2, 0) is 11.3 Å². The Hall–Kier alpha value is -2.72.